The van der Waals surface area contributed by atoms with Crippen molar-refractivity contribution in [3.63, 3.8) is 0 Å². The van der Waals surface area contributed by atoms with Gasteiger partial charge in [-0.15, -0.1) is 0 Å². The first-order chi connectivity index (χ1) is 13.4. The van der Waals surface area contributed by atoms with Crippen molar-refractivity contribution in [2.75, 3.05) is 10.0 Å². The standard InChI is InChI=1S/C21H21N3O2S2/c1-16-12-13-19(23-21(27)22-15-17-8-4-2-5-9-17)14-20(16)28(25,26)24-18-10-6-3-7-11-18/h2-14,24H,15H2,1H3,(H2,22,23,27). The first kappa shape index (κ1) is 19.9. The minimum Gasteiger partial charge on any atom is -0.358 e. The van der Waals surface area contributed by atoms with Crippen LogP contribution in [0.3, 0.4) is 0 Å². The van der Waals surface area contributed by atoms with Crippen LogP contribution in [0.1, 0.15) is 11.1 Å². The van der Waals surface area contributed by atoms with Crippen LogP contribution in [-0.2, 0) is 16.6 Å². The molecule has 3 aromatic rings. The lowest BCUT2D eigenvalue weighted by Gasteiger charge is -2.14. The van der Waals surface area contributed by atoms with Crippen molar-refractivity contribution in [1.29, 1.82) is 0 Å². The van der Waals surface area contributed by atoms with E-state index < -0.39 is 10.0 Å². The van der Waals surface area contributed by atoms with Crippen LogP contribution in [0, 0.1) is 6.92 Å². The summed E-state index contributed by atoms with van der Waals surface area (Å²) in [6.45, 7) is 2.34. The number of sulfonamides is 1. The molecule has 0 heterocycles. The molecular weight excluding hydrogens is 390 g/mol. The van der Waals surface area contributed by atoms with Crippen molar-refractivity contribution in [2.24, 2.45) is 0 Å². The second-order valence-corrected chi connectivity index (χ2v) is 8.30. The van der Waals surface area contributed by atoms with Crippen LogP contribution in [0.2, 0.25) is 0 Å². The van der Waals surface area contributed by atoms with Crippen LogP contribution in [0.4, 0.5) is 11.4 Å². The lowest BCUT2D eigenvalue weighted by molar-refractivity contribution is 0.600. The Bertz CT molecular complexity index is 1050. The fourth-order valence-corrected chi connectivity index (χ4v) is 4.16. The molecule has 3 N–H and O–H groups in total. The average Bonchev–Trinajstić information content (AvgIpc) is 2.69. The molecule has 0 atom stereocenters. The first-order valence-corrected chi connectivity index (χ1v) is 10.6. The van der Waals surface area contributed by atoms with Crippen molar-refractivity contribution in [2.45, 2.75) is 18.4 Å². The summed E-state index contributed by atoms with van der Waals surface area (Å²) in [6, 6.07) is 23.8. The number of para-hydroxylation sites is 1. The molecule has 0 aliphatic carbocycles. The number of aryl methyl sites for hydroxylation is 1. The first-order valence-electron chi connectivity index (χ1n) is 8.71. The number of thiocarbonyl (C=S) groups is 1. The Morgan fingerprint density at radius 2 is 1.54 bits per heavy atom. The minimum atomic E-state index is -3.71. The highest BCUT2D eigenvalue weighted by Gasteiger charge is 2.17. The number of anilines is 2. The third-order valence-corrected chi connectivity index (χ3v) is 5.83. The molecule has 144 valence electrons. The number of hydrogen-bond acceptors (Lipinski definition) is 3. The van der Waals surface area contributed by atoms with Gasteiger partial charge in [-0.2, -0.15) is 0 Å². The van der Waals surface area contributed by atoms with Gasteiger partial charge in [0.05, 0.1) is 4.90 Å². The van der Waals surface area contributed by atoms with Gasteiger partial charge in [0.25, 0.3) is 10.0 Å². The highest BCUT2D eigenvalue weighted by atomic mass is 32.2. The zero-order chi connectivity index (χ0) is 20.0. The predicted molar refractivity (Wildman–Crippen MR) is 118 cm³/mol. The smallest absolute Gasteiger partial charge is 0.262 e. The highest BCUT2D eigenvalue weighted by molar-refractivity contribution is 7.92. The van der Waals surface area contributed by atoms with Crippen LogP contribution >= 0.6 is 12.2 Å². The predicted octanol–water partition coefficient (Wildman–Crippen LogP) is 4.28. The summed E-state index contributed by atoms with van der Waals surface area (Å²) in [4.78, 5) is 0.201. The molecular formula is C21H21N3O2S2. The zero-order valence-electron chi connectivity index (χ0n) is 15.3. The summed E-state index contributed by atoms with van der Waals surface area (Å²) in [7, 11) is -3.71. The fourth-order valence-electron chi connectivity index (χ4n) is 2.64. The molecule has 3 aromatic carbocycles. The maximum Gasteiger partial charge on any atom is 0.262 e. The molecule has 5 nitrogen and oxygen atoms in total. The van der Waals surface area contributed by atoms with Crippen LogP contribution in [0.25, 0.3) is 0 Å². The largest absolute Gasteiger partial charge is 0.358 e. The molecule has 0 spiro atoms. The van der Waals surface area contributed by atoms with E-state index >= 15 is 0 Å². The maximum absolute atomic E-state index is 12.8. The Labute approximate surface area is 170 Å². The summed E-state index contributed by atoms with van der Waals surface area (Å²) in [6.07, 6.45) is 0. The normalized spacial score (nSPS) is 10.9. The minimum absolute atomic E-state index is 0.201. The van der Waals surface area contributed by atoms with E-state index in [9.17, 15) is 8.42 Å². The lowest BCUT2D eigenvalue weighted by Crippen LogP contribution is -2.28. The summed E-state index contributed by atoms with van der Waals surface area (Å²) < 4.78 is 28.2. The van der Waals surface area contributed by atoms with Crippen molar-refractivity contribution in [3.8, 4) is 0 Å². The quantitative estimate of drug-likeness (QED) is 0.528. The Balaban J connectivity index is 1.71. The third kappa shape index (κ3) is 5.31. The van der Waals surface area contributed by atoms with Gasteiger partial charge in [0, 0.05) is 17.9 Å². The molecule has 0 fully saturated rings. The van der Waals surface area contributed by atoms with Crippen LogP contribution in [0.5, 0.6) is 0 Å². The molecule has 3 rings (SSSR count). The van der Waals surface area contributed by atoms with Crippen molar-refractivity contribution in [1.82, 2.24) is 5.32 Å². The van der Waals surface area contributed by atoms with Gasteiger partial charge in [0.15, 0.2) is 5.11 Å². The van der Waals surface area contributed by atoms with Gasteiger partial charge in [-0.05, 0) is 54.5 Å². The molecule has 0 saturated carbocycles. The summed E-state index contributed by atoms with van der Waals surface area (Å²) in [5.74, 6) is 0. The Hall–Kier alpha value is -2.90. The topological polar surface area (TPSA) is 70.2 Å². The van der Waals surface area contributed by atoms with E-state index in [4.69, 9.17) is 12.2 Å². The van der Waals surface area contributed by atoms with E-state index in [0.717, 1.165) is 5.56 Å². The number of rotatable bonds is 6. The Morgan fingerprint density at radius 1 is 0.893 bits per heavy atom. The molecule has 28 heavy (non-hydrogen) atoms. The van der Waals surface area contributed by atoms with Gasteiger partial charge in [-0.1, -0.05) is 54.6 Å². The van der Waals surface area contributed by atoms with Crippen molar-refractivity contribution < 1.29 is 8.42 Å². The van der Waals surface area contributed by atoms with E-state index in [2.05, 4.69) is 15.4 Å². The van der Waals surface area contributed by atoms with E-state index in [1.54, 1.807) is 49.4 Å². The van der Waals surface area contributed by atoms with Crippen LogP contribution in [0.15, 0.2) is 83.8 Å². The number of benzene rings is 3. The second-order valence-electron chi connectivity index (χ2n) is 6.25. The number of nitrogens with one attached hydrogen (secondary N) is 3. The van der Waals surface area contributed by atoms with Gasteiger partial charge in [-0.25, -0.2) is 8.42 Å². The van der Waals surface area contributed by atoms with Crippen LogP contribution < -0.4 is 15.4 Å². The molecule has 0 aliphatic rings. The summed E-state index contributed by atoms with van der Waals surface area (Å²) >= 11 is 5.32. The van der Waals surface area contributed by atoms with E-state index in [0.29, 0.717) is 28.6 Å². The molecule has 0 amide bonds. The zero-order valence-corrected chi connectivity index (χ0v) is 17.0. The molecule has 0 radical (unpaired) electrons. The summed E-state index contributed by atoms with van der Waals surface area (Å²) in [5, 5.41) is 6.58. The van der Waals surface area contributed by atoms with Gasteiger partial charge >= 0.3 is 0 Å². The molecule has 0 unspecified atom stereocenters. The van der Waals surface area contributed by atoms with Crippen molar-refractivity contribution in [3.05, 3.63) is 90.0 Å². The number of hydrogen-bond donors (Lipinski definition) is 3. The van der Waals surface area contributed by atoms with Crippen LogP contribution in [-0.4, -0.2) is 13.5 Å². The Kier molecular flexibility index (Phi) is 6.28. The average molecular weight is 412 g/mol. The molecule has 0 saturated heterocycles. The van der Waals surface area contributed by atoms with E-state index in [1.165, 1.54) is 0 Å². The van der Waals surface area contributed by atoms with E-state index in [1.807, 2.05) is 36.4 Å². The molecule has 0 aliphatic heterocycles. The van der Waals surface area contributed by atoms with Gasteiger partial charge < -0.3 is 10.6 Å². The molecule has 0 bridgehead atoms. The van der Waals surface area contributed by atoms with E-state index in [-0.39, 0.29) is 4.90 Å². The molecule has 0 aromatic heterocycles. The second kappa shape index (κ2) is 8.86. The lowest BCUT2D eigenvalue weighted by atomic mass is 10.2. The van der Waals surface area contributed by atoms with Gasteiger partial charge in [0.1, 0.15) is 0 Å². The van der Waals surface area contributed by atoms with Gasteiger partial charge in [0.2, 0.25) is 0 Å². The molecule has 7 heteroatoms. The maximum atomic E-state index is 12.8. The summed E-state index contributed by atoms with van der Waals surface area (Å²) in [5.41, 5.74) is 2.87. The Morgan fingerprint density at radius 3 is 2.21 bits per heavy atom. The van der Waals surface area contributed by atoms with Gasteiger partial charge in [-0.3, -0.25) is 4.72 Å². The fraction of sp³-hybridized carbons (Fsp3) is 0.0952. The third-order valence-electron chi connectivity index (χ3n) is 4.06. The SMILES string of the molecule is Cc1ccc(NC(=S)NCc2ccccc2)cc1S(=O)(=O)Nc1ccccc1. The monoisotopic (exact) mass is 411 g/mol. The highest BCUT2D eigenvalue weighted by Crippen LogP contribution is 2.23. The van der Waals surface area contributed by atoms with Crippen molar-refractivity contribution >= 4 is 38.7 Å².